The summed E-state index contributed by atoms with van der Waals surface area (Å²) in [5, 5.41) is 18.3. The Balaban J connectivity index is 1.33. The van der Waals surface area contributed by atoms with Gasteiger partial charge in [-0.1, -0.05) is 42.5 Å². The van der Waals surface area contributed by atoms with Crippen molar-refractivity contribution in [2.75, 3.05) is 20.1 Å². The third kappa shape index (κ3) is 5.24. The first-order chi connectivity index (χ1) is 15.1. The molecule has 2 aromatic carbocycles. The first-order valence-corrected chi connectivity index (χ1v) is 11.4. The molecule has 6 nitrogen and oxygen atoms in total. The molecule has 0 aliphatic carbocycles. The summed E-state index contributed by atoms with van der Waals surface area (Å²) in [6.45, 7) is 2.44. The molecule has 1 aromatic heterocycles. The third-order valence-corrected chi connectivity index (χ3v) is 6.77. The van der Waals surface area contributed by atoms with E-state index in [1.807, 2.05) is 35.2 Å². The predicted octanol–water partition coefficient (Wildman–Crippen LogP) is 3.42. The lowest BCUT2D eigenvalue weighted by atomic mass is 10.1. The maximum absolute atomic E-state index is 12.0. The van der Waals surface area contributed by atoms with Crippen LogP contribution < -0.4 is 10.6 Å². The van der Waals surface area contributed by atoms with Gasteiger partial charge in [0.2, 0.25) is 5.91 Å². The van der Waals surface area contributed by atoms with Crippen molar-refractivity contribution in [1.82, 2.24) is 15.5 Å². The summed E-state index contributed by atoms with van der Waals surface area (Å²) in [5.41, 5.74) is 2.28. The molecule has 1 unspecified atom stereocenters. The van der Waals surface area contributed by atoms with Gasteiger partial charge in [-0.25, -0.2) is 0 Å². The number of likely N-dealkylation sites (tertiary alicyclic amines) is 1. The van der Waals surface area contributed by atoms with E-state index in [9.17, 15) is 9.90 Å². The number of carbonyl (C=O) groups is 1. The van der Waals surface area contributed by atoms with Crippen LogP contribution in [-0.4, -0.2) is 42.0 Å². The van der Waals surface area contributed by atoms with E-state index in [1.54, 1.807) is 18.4 Å². The van der Waals surface area contributed by atoms with E-state index in [0.717, 1.165) is 34.4 Å². The van der Waals surface area contributed by atoms with Crippen molar-refractivity contribution in [3.05, 3.63) is 70.6 Å². The summed E-state index contributed by atoms with van der Waals surface area (Å²) < 4.78 is 1.17. The van der Waals surface area contributed by atoms with E-state index < -0.39 is 6.10 Å². The Labute approximate surface area is 186 Å². The number of fused-ring (bicyclic) bond motifs is 1. The highest BCUT2D eigenvalue weighted by molar-refractivity contribution is 7.19. The molecule has 31 heavy (non-hydrogen) atoms. The van der Waals surface area contributed by atoms with Gasteiger partial charge in [0.1, 0.15) is 6.10 Å². The van der Waals surface area contributed by atoms with Crippen molar-refractivity contribution in [2.45, 2.75) is 32.0 Å². The second-order valence-electron chi connectivity index (χ2n) is 7.70. The zero-order chi connectivity index (χ0) is 21.6. The van der Waals surface area contributed by atoms with E-state index in [2.05, 4.69) is 39.9 Å². The Kier molecular flexibility index (Phi) is 6.84. The highest BCUT2D eigenvalue weighted by Gasteiger charge is 2.21. The van der Waals surface area contributed by atoms with Crippen LogP contribution in [-0.2, 0) is 17.9 Å². The smallest absolute Gasteiger partial charge is 0.222 e. The molecule has 1 amide bonds. The Morgan fingerprint density at radius 1 is 1.16 bits per heavy atom. The molecule has 4 rings (SSSR count). The number of thiophene rings is 1. The number of aliphatic hydroxyl groups is 1. The number of aliphatic hydroxyl groups excluding tert-OH is 1. The number of benzene rings is 2. The Bertz CT molecular complexity index is 1050. The van der Waals surface area contributed by atoms with Gasteiger partial charge in [0.15, 0.2) is 5.96 Å². The van der Waals surface area contributed by atoms with Crippen LogP contribution in [0, 0.1) is 0 Å². The van der Waals surface area contributed by atoms with Crippen LogP contribution in [0.4, 0.5) is 0 Å². The van der Waals surface area contributed by atoms with Gasteiger partial charge in [0.05, 0.1) is 0 Å². The fourth-order valence-electron chi connectivity index (χ4n) is 3.82. The number of hydrogen-bond donors (Lipinski definition) is 3. The fraction of sp³-hybridized carbons (Fsp3) is 0.333. The van der Waals surface area contributed by atoms with Gasteiger partial charge >= 0.3 is 0 Å². The lowest BCUT2D eigenvalue weighted by Crippen LogP contribution is -2.39. The molecule has 7 heteroatoms. The van der Waals surface area contributed by atoms with Crippen molar-refractivity contribution >= 4 is 33.3 Å². The molecule has 0 bridgehead atoms. The minimum absolute atomic E-state index is 0.232. The molecular formula is C24H28N4O2S. The monoisotopic (exact) mass is 436 g/mol. The molecule has 3 aromatic rings. The largest absolute Gasteiger partial charge is 0.386 e. The fourth-order valence-corrected chi connectivity index (χ4v) is 4.87. The van der Waals surface area contributed by atoms with Gasteiger partial charge in [-0.05, 0) is 35.1 Å². The summed E-state index contributed by atoms with van der Waals surface area (Å²) >= 11 is 1.61. The van der Waals surface area contributed by atoms with E-state index in [0.29, 0.717) is 32.0 Å². The maximum Gasteiger partial charge on any atom is 0.222 e. The summed E-state index contributed by atoms with van der Waals surface area (Å²) in [7, 11) is 1.72. The normalized spacial score (nSPS) is 15.5. The molecule has 0 radical (unpaired) electrons. The van der Waals surface area contributed by atoms with Crippen LogP contribution >= 0.6 is 11.3 Å². The van der Waals surface area contributed by atoms with E-state index >= 15 is 0 Å². The molecule has 1 aliphatic rings. The minimum atomic E-state index is -0.607. The number of nitrogens with one attached hydrogen (secondary N) is 2. The number of nitrogens with zero attached hydrogens (tertiary/aromatic N) is 2. The highest BCUT2D eigenvalue weighted by atomic mass is 32.1. The first-order valence-electron chi connectivity index (χ1n) is 10.6. The lowest BCUT2D eigenvalue weighted by Gasteiger charge is -2.19. The average Bonchev–Trinajstić information content (AvgIpc) is 3.41. The van der Waals surface area contributed by atoms with Gasteiger partial charge < -0.3 is 20.6 Å². The zero-order valence-corrected chi connectivity index (χ0v) is 18.5. The molecule has 1 fully saturated rings. The predicted molar refractivity (Wildman–Crippen MR) is 126 cm³/mol. The molecule has 2 heterocycles. The van der Waals surface area contributed by atoms with Crippen LogP contribution in [0.2, 0.25) is 0 Å². The summed E-state index contributed by atoms with van der Waals surface area (Å²) in [4.78, 5) is 19.1. The second kappa shape index (κ2) is 9.94. The Morgan fingerprint density at radius 2 is 1.94 bits per heavy atom. The third-order valence-electron chi connectivity index (χ3n) is 5.56. The number of carbonyl (C=O) groups excluding carboxylic acids is 1. The number of aliphatic imine (C=N–C) groups is 1. The van der Waals surface area contributed by atoms with Crippen LogP contribution in [0.15, 0.2) is 59.6 Å². The summed E-state index contributed by atoms with van der Waals surface area (Å²) in [5.74, 6) is 0.864. The Morgan fingerprint density at radius 3 is 2.68 bits per heavy atom. The second-order valence-corrected chi connectivity index (χ2v) is 8.81. The standard InChI is InChI=1S/C24H28N4O2S/c1-25-24(27-15-20(29)22-13-17-7-4-5-10-21(17)31-22)26-14-18-8-2-3-9-19(18)16-28-12-6-11-23(28)30/h2-5,7-10,13,20,29H,6,11-12,14-16H2,1H3,(H2,25,26,27). The molecule has 162 valence electrons. The Hall–Kier alpha value is -2.90. The van der Waals surface area contributed by atoms with Crippen molar-refractivity contribution in [3.8, 4) is 0 Å². The lowest BCUT2D eigenvalue weighted by molar-refractivity contribution is -0.128. The quantitative estimate of drug-likeness (QED) is 0.392. The van der Waals surface area contributed by atoms with E-state index in [-0.39, 0.29) is 5.91 Å². The van der Waals surface area contributed by atoms with Crippen LogP contribution in [0.1, 0.15) is 34.9 Å². The maximum atomic E-state index is 12.0. The van der Waals surface area contributed by atoms with Crippen molar-refractivity contribution in [2.24, 2.45) is 4.99 Å². The molecule has 1 saturated heterocycles. The molecule has 0 saturated carbocycles. The SMILES string of the molecule is CN=C(NCc1ccccc1CN1CCCC1=O)NCC(O)c1cc2ccccc2s1. The van der Waals surface area contributed by atoms with Crippen molar-refractivity contribution in [1.29, 1.82) is 0 Å². The highest BCUT2D eigenvalue weighted by Crippen LogP contribution is 2.29. The van der Waals surface area contributed by atoms with E-state index in [4.69, 9.17) is 0 Å². The van der Waals surface area contributed by atoms with Crippen molar-refractivity contribution in [3.63, 3.8) is 0 Å². The van der Waals surface area contributed by atoms with Gasteiger partial charge in [-0.15, -0.1) is 11.3 Å². The van der Waals surface area contributed by atoms with Gasteiger partial charge in [0.25, 0.3) is 0 Å². The van der Waals surface area contributed by atoms with Crippen molar-refractivity contribution < 1.29 is 9.90 Å². The minimum Gasteiger partial charge on any atom is -0.386 e. The van der Waals surface area contributed by atoms with Crippen LogP contribution in [0.5, 0.6) is 0 Å². The van der Waals surface area contributed by atoms with Gasteiger partial charge in [-0.2, -0.15) is 0 Å². The number of guanidine groups is 1. The zero-order valence-electron chi connectivity index (χ0n) is 17.7. The molecule has 3 N–H and O–H groups in total. The van der Waals surface area contributed by atoms with Gasteiger partial charge in [0, 0.05) is 49.2 Å². The first kappa shape index (κ1) is 21.3. The average molecular weight is 437 g/mol. The molecule has 0 spiro atoms. The van der Waals surface area contributed by atoms with E-state index in [1.165, 1.54) is 4.70 Å². The molecular weight excluding hydrogens is 408 g/mol. The molecule has 1 aliphatic heterocycles. The summed E-state index contributed by atoms with van der Waals surface area (Å²) in [6.07, 6.45) is 0.987. The van der Waals surface area contributed by atoms with Crippen LogP contribution in [0.25, 0.3) is 10.1 Å². The topological polar surface area (TPSA) is 77.0 Å². The van der Waals surface area contributed by atoms with Crippen LogP contribution in [0.3, 0.4) is 0 Å². The number of rotatable bonds is 7. The summed E-state index contributed by atoms with van der Waals surface area (Å²) in [6, 6.07) is 18.3. The van der Waals surface area contributed by atoms with Gasteiger partial charge in [-0.3, -0.25) is 9.79 Å². The number of amides is 1. The number of hydrogen-bond acceptors (Lipinski definition) is 4. The molecule has 1 atom stereocenters.